The van der Waals surface area contributed by atoms with E-state index in [-0.39, 0.29) is 26.1 Å². The molecule has 2 heterocycles. The van der Waals surface area contributed by atoms with Crippen molar-refractivity contribution in [2.24, 2.45) is 7.05 Å². The fourth-order valence-electron chi connectivity index (χ4n) is 3.16. The molecule has 2 fully saturated rings. The molecule has 24 heavy (non-hydrogen) atoms. The smallest absolute Gasteiger partial charge is 0.352 e. The summed E-state index contributed by atoms with van der Waals surface area (Å²) >= 11 is 0. The molecule has 1 saturated heterocycles. The summed E-state index contributed by atoms with van der Waals surface area (Å²) in [6.45, 7) is 0.251. The second-order valence-corrected chi connectivity index (χ2v) is 6.44. The number of nitrogens with one attached hydrogen (secondary N) is 1. The molecule has 0 aromatic carbocycles. The number of carbonyl (C=O) groups is 1. The lowest BCUT2D eigenvalue weighted by atomic mass is 9.92. The van der Waals surface area contributed by atoms with E-state index in [1.54, 1.807) is 17.9 Å². The Morgan fingerprint density at radius 2 is 2.21 bits per heavy atom. The number of aryl methyl sites for hydroxylation is 1. The molecule has 1 saturated carbocycles. The maximum atomic E-state index is 14.4. The number of halogens is 2. The van der Waals surface area contributed by atoms with Gasteiger partial charge in [-0.15, -0.1) is 0 Å². The Morgan fingerprint density at radius 1 is 1.50 bits per heavy atom. The number of rotatable bonds is 5. The lowest BCUT2D eigenvalue weighted by molar-refractivity contribution is -0.191. The minimum Gasteiger partial charge on any atom is -0.482 e. The quantitative estimate of drug-likeness (QED) is 0.817. The zero-order valence-corrected chi connectivity index (χ0v) is 13.4. The van der Waals surface area contributed by atoms with Gasteiger partial charge in [0.2, 0.25) is 0 Å². The fraction of sp³-hybridized carbons (Fsp3) is 0.733. The molecule has 134 valence electrons. The zero-order chi connectivity index (χ0) is 17.4. The van der Waals surface area contributed by atoms with Gasteiger partial charge in [0.1, 0.15) is 11.7 Å². The Morgan fingerprint density at radius 3 is 2.83 bits per heavy atom. The van der Waals surface area contributed by atoms with Crippen molar-refractivity contribution in [3.63, 3.8) is 0 Å². The van der Waals surface area contributed by atoms with Crippen LogP contribution in [0.1, 0.15) is 25.7 Å². The predicted octanol–water partition coefficient (Wildman–Crippen LogP) is 0.623. The van der Waals surface area contributed by atoms with Gasteiger partial charge in [-0.05, 0) is 12.8 Å². The third-order valence-corrected chi connectivity index (χ3v) is 4.61. The van der Waals surface area contributed by atoms with Crippen LogP contribution in [-0.2, 0) is 16.6 Å². The van der Waals surface area contributed by atoms with E-state index in [1.807, 2.05) is 0 Å². The van der Waals surface area contributed by atoms with Crippen LogP contribution in [0.15, 0.2) is 12.4 Å². The molecule has 2 N–H and O–H groups in total. The average molecular weight is 345 g/mol. The molecule has 1 aromatic rings. The topological polar surface area (TPSA) is 85.6 Å². The van der Waals surface area contributed by atoms with E-state index in [4.69, 9.17) is 9.47 Å². The van der Waals surface area contributed by atoms with Gasteiger partial charge in [0.15, 0.2) is 5.75 Å². The van der Waals surface area contributed by atoms with Gasteiger partial charge in [0.05, 0.1) is 31.6 Å². The van der Waals surface area contributed by atoms with E-state index < -0.39 is 29.6 Å². The predicted molar refractivity (Wildman–Crippen MR) is 78.7 cm³/mol. The van der Waals surface area contributed by atoms with E-state index >= 15 is 0 Å². The van der Waals surface area contributed by atoms with Crippen LogP contribution in [0.5, 0.6) is 5.75 Å². The number of nitrogens with zero attached hydrogens (tertiary/aromatic N) is 2. The molecule has 0 unspecified atom stereocenters. The van der Waals surface area contributed by atoms with Crippen molar-refractivity contribution in [1.29, 1.82) is 0 Å². The van der Waals surface area contributed by atoms with Gasteiger partial charge in [-0.25, -0.2) is 0 Å². The van der Waals surface area contributed by atoms with Gasteiger partial charge in [-0.2, -0.15) is 13.9 Å². The number of ether oxygens (including phenoxy) is 2. The van der Waals surface area contributed by atoms with Crippen LogP contribution in [0.25, 0.3) is 0 Å². The van der Waals surface area contributed by atoms with Gasteiger partial charge < -0.3 is 19.9 Å². The molecule has 0 spiro atoms. The maximum Gasteiger partial charge on any atom is 0.352 e. The van der Waals surface area contributed by atoms with Crippen LogP contribution in [0.4, 0.5) is 8.78 Å². The van der Waals surface area contributed by atoms with Crippen LogP contribution in [-0.4, -0.2) is 57.7 Å². The highest BCUT2D eigenvalue weighted by Crippen LogP contribution is 2.42. The van der Waals surface area contributed by atoms with Crippen molar-refractivity contribution < 1.29 is 28.2 Å². The van der Waals surface area contributed by atoms with Crippen LogP contribution < -0.4 is 10.1 Å². The van der Waals surface area contributed by atoms with E-state index in [0.717, 1.165) is 0 Å². The minimum atomic E-state index is -3.84. The Hall–Kier alpha value is -1.74. The largest absolute Gasteiger partial charge is 0.482 e. The number of carbonyl (C=O) groups excluding carboxylic acids is 1. The molecular formula is C15H21F2N3O4. The summed E-state index contributed by atoms with van der Waals surface area (Å²) in [6, 6.07) is -0.714. The Bertz CT molecular complexity index is 601. The van der Waals surface area contributed by atoms with Crippen molar-refractivity contribution in [2.75, 3.05) is 13.2 Å². The molecule has 9 heteroatoms. The molecule has 0 radical (unpaired) electrons. The monoisotopic (exact) mass is 345 g/mol. The molecular weight excluding hydrogens is 324 g/mol. The van der Waals surface area contributed by atoms with Crippen molar-refractivity contribution in [3.05, 3.63) is 12.4 Å². The van der Waals surface area contributed by atoms with E-state index in [2.05, 4.69) is 10.4 Å². The van der Waals surface area contributed by atoms with E-state index in [9.17, 15) is 18.7 Å². The molecule has 1 aliphatic carbocycles. The summed E-state index contributed by atoms with van der Waals surface area (Å²) in [6.07, 6.45) is 3.35. The third-order valence-electron chi connectivity index (χ3n) is 4.61. The van der Waals surface area contributed by atoms with Gasteiger partial charge in [-0.3, -0.25) is 9.48 Å². The molecule has 2 atom stereocenters. The maximum absolute atomic E-state index is 14.4. The van der Waals surface area contributed by atoms with E-state index in [0.29, 0.717) is 18.6 Å². The van der Waals surface area contributed by atoms with Crippen LogP contribution in [0.2, 0.25) is 0 Å². The first-order valence-electron chi connectivity index (χ1n) is 7.96. The summed E-state index contributed by atoms with van der Waals surface area (Å²) in [7, 11) is 1.72. The van der Waals surface area contributed by atoms with Gasteiger partial charge in [-0.1, -0.05) is 12.8 Å². The highest BCUT2D eigenvalue weighted by molar-refractivity contribution is 5.85. The molecule has 0 bridgehead atoms. The summed E-state index contributed by atoms with van der Waals surface area (Å²) in [4.78, 5) is 12.1. The van der Waals surface area contributed by atoms with Gasteiger partial charge in [0.25, 0.3) is 5.91 Å². The molecule has 1 aliphatic heterocycles. The zero-order valence-electron chi connectivity index (χ0n) is 13.4. The van der Waals surface area contributed by atoms with Crippen molar-refractivity contribution >= 4 is 5.91 Å². The van der Waals surface area contributed by atoms with Gasteiger partial charge >= 0.3 is 5.92 Å². The van der Waals surface area contributed by atoms with Crippen molar-refractivity contribution in [2.45, 2.75) is 49.4 Å². The number of hydrogen-bond donors (Lipinski definition) is 2. The Labute approximate surface area is 137 Å². The number of amides is 1. The number of hydrogen-bond acceptors (Lipinski definition) is 5. The lowest BCUT2D eigenvalue weighted by Gasteiger charge is -2.32. The summed E-state index contributed by atoms with van der Waals surface area (Å²) in [5.74, 6) is -4.86. The van der Waals surface area contributed by atoms with Crippen LogP contribution >= 0.6 is 0 Å². The number of alkyl halides is 2. The molecule has 1 amide bonds. The highest BCUT2D eigenvalue weighted by atomic mass is 19.3. The van der Waals surface area contributed by atoms with Crippen LogP contribution in [0.3, 0.4) is 0 Å². The third kappa shape index (κ3) is 3.10. The van der Waals surface area contributed by atoms with Crippen LogP contribution in [0, 0.1) is 0 Å². The average Bonchev–Trinajstić information content (AvgIpc) is 3.24. The summed E-state index contributed by atoms with van der Waals surface area (Å²) in [5, 5.41) is 16.3. The first-order valence-corrected chi connectivity index (χ1v) is 7.96. The highest BCUT2D eigenvalue weighted by Gasteiger charge is 2.59. The minimum absolute atomic E-state index is 0.0746. The number of aliphatic hydroxyl groups is 1. The van der Waals surface area contributed by atoms with E-state index in [1.165, 1.54) is 6.20 Å². The first kappa shape index (κ1) is 17.1. The Kier molecular flexibility index (Phi) is 4.48. The molecule has 1 aromatic heterocycles. The van der Waals surface area contributed by atoms with Crippen molar-refractivity contribution in [1.82, 2.24) is 15.1 Å². The number of aromatic nitrogens is 2. The fourth-order valence-corrected chi connectivity index (χ4v) is 3.16. The summed E-state index contributed by atoms with van der Waals surface area (Å²) < 4.78 is 41.1. The molecule has 3 rings (SSSR count). The second-order valence-electron chi connectivity index (χ2n) is 6.44. The second kappa shape index (κ2) is 6.29. The van der Waals surface area contributed by atoms with Gasteiger partial charge in [0, 0.05) is 7.05 Å². The SMILES string of the molecule is Cn1cc(O[C@@H]2COC[C@@H]2NC(=O)C(F)(F)C2(O)CCCC2)cn1. The molecule has 7 nitrogen and oxygen atoms in total. The first-order chi connectivity index (χ1) is 11.3. The molecule has 2 aliphatic rings. The lowest BCUT2D eigenvalue weighted by Crippen LogP contribution is -2.59. The Balaban J connectivity index is 1.64. The normalized spacial score (nSPS) is 26.5. The summed E-state index contributed by atoms with van der Waals surface area (Å²) in [5.41, 5.74) is -2.27. The van der Waals surface area contributed by atoms with Crippen molar-refractivity contribution in [3.8, 4) is 5.75 Å². The standard InChI is InChI=1S/C15H21F2N3O4/c1-20-7-10(6-18-20)24-12-9-23-8-11(12)19-13(21)15(16,17)14(22)4-2-3-5-14/h6-7,11-12,22H,2-5,8-9H2,1H3,(H,19,21)/t11-,12+/m0/s1.